The molecular formula is C17H17ClF2N4O2. The van der Waals surface area contributed by atoms with Gasteiger partial charge in [0.2, 0.25) is 0 Å². The summed E-state index contributed by atoms with van der Waals surface area (Å²) in [4.78, 5) is 28.1. The van der Waals surface area contributed by atoms with Crippen LogP contribution in [0.15, 0.2) is 24.4 Å². The lowest BCUT2D eigenvalue weighted by atomic mass is 10.1. The van der Waals surface area contributed by atoms with E-state index >= 15 is 0 Å². The van der Waals surface area contributed by atoms with E-state index in [2.05, 4.69) is 5.10 Å². The molecule has 0 saturated carbocycles. The molecule has 1 amide bonds. The molecule has 1 aromatic heterocycles. The van der Waals surface area contributed by atoms with E-state index in [1.807, 2.05) is 4.90 Å². The average Bonchev–Trinajstić information content (AvgIpc) is 2.93. The molecule has 0 radical (unpaired) electrons. The average molecular weight is 383 g/mol. The summed E-state index contributed by atoms with van der Waals surface area (Å²) < 4.78 is 28.1. The topological polar surface area (TPSA) is 58.4 Å². The van der Waals surface area contributed by atoms with Crippen molar-refractivity contribution in [2.24, 2.45) is 7.05 Å². The summed E-state index contributed by atoms with van der Waals surface area (Å²) in [5.41, 5.74) is 0.0669. The van der Waals surface area contributed by atoms with E-state index in [1.165, 1.54) is 4.68 Å². The van der Waals surface area contributed by atoms with Crippen molar-refractivity contribution in [2.45, 2.75) is 0 Å². The van der Waals surface area contributed by atoms with Gasteiger partial charge in [-0.1, -0.05) is 11.6 Å². The number of carbonyl (C=O) groups excluding carboxylic acids is 2. The molecular weight excluding hydrogens is 366 g/mol. The molecule has 0 spiro atoms. The highest BCUT2D eigenvalue weighted by Crippen LogP contribution is 2.17. The number of halogens is 3. The fraction of sp³-hybridized carbons (Fsp3) is 0.353. The highest BCUT2D eigenvalue weighted by atomic mass is 35.5. The Labute approximate surface area is 153 Å². The number of benzene rings is 1. The summed E-state index contributed by atoms with van der Waals surface area (Å²) in [5.74, 6) is -2.27. The number of aromatic nitrogens is 2. The standard InChI is InChI=1S/C17H17ClF2N4O2/c1-22-9-13(18)16(21-22)17(26)24-6-4-23(5-7-24)10-15(25)12-3-2-11(19)8-14(12)20/h2-3,8-9H,4-7,10H2,1H3. The van der Waals surface area contributed by atoms with Gasteiger partial charge in [-0.3, -0.25) is 19.2 Å². The van der Waals surface area contributed by atoms with Crippen LogP contribution in [-0.2, 0) is 7.05 Å². The van der Waals surface area contributed by atoms with Gasteiger partial charge in [0.25, 0.3) is 5.91 Å². The summed E-state index contributed by atoms with van der Waals surface area (Å²) in [6.07, 6.45) is 1.56. The van der Waals surface area contributed by atoms with Crippen LogP contribution in [0.1, 0.15) is 20.8 Å². The van der Waals surface area contributed by atoms with Gasteiger partial charge in [0.15, 0.2) is 11.5 Å². The molecule has 1 aliphatic rings. The van der Waals surface area contributed by atoms with Crippen molar-refractivity contribution >= 4 is 23.3 Å². The van der Waals surface area contributed by atoms with Crippen molar-refractivity contribution in [1.82, 2.24) is 19.6 Å². The second kappa shape index (κ2) is 7.51. The Bertz CT molecular complexity index is 847. The minimum atomic E-state index is -0.867. The van der Waals surface area contributed by atoms with Crippen LogP contribution in [0.5, 0.6) is 0 Å². The van der Waals surface area contributed by atoms with E-state index in [-0.39, 0.29) is 23.7 Å². The first-order valence-electron chi connectivity index (χ1n) is 8.04. The van der Waals surface area contributed by atoms with Crippen LogP contribution in [0.4, 0.5) is 8.78 Å². The number of aryl methyl sites for hydroxylation is 1. The van der Waals surface area contributed by atoms with Gasteiger partial charge in [-0.05, 0) is 12.1 Å². The van der Waals surface area contributed by atoms with Crippen molar-refractivity contribution < 1.29 is 18.4 Å². The second-order valence-electron chi connectivity index (χ2n) is 6.12. The molecule has 1 saturated heterocycles. The Morgan fingerprint density at radius 1 is 1.19 bits per heavy atom. The van der Waals surface area contributed by atoms with Gasteiger partial charge in [-0.2, -0.15) is 5.10 Å². The van der Waals surface area contributed by atoms with Crippen LogP contribution in [0, 0.1) is 11.6 Å². The molecule has 0 atom stereocenters. The Balaban J connectivity index is 1.57. The number of nitrogens with zero attached hydrogens (tertiary/aromatic N) is 4. The maximum Gasteiger partial charge on any atom is 0.276 e. The summed E-state index contributed by atoms with van der Waals surface area (Å²) >= 11 is 6.00. The molecule has 0 unspecified atom stereocenters. The highest BCUT2D eigenvalue weighted by molar-refractivity contribution is 6.33. The zero-order chi connectivity index (χ0) is 18.8. The zero-order valence-corrected chi connectivity index (χ0v) is 14.8. The molecule has 1 aliphatic heterocycles. The Kier molecular flexibility index (Phi) is 5.33. The van der Waals surface area contributed by atoms with Crippen LogP contribution in [-0.4, -0.2) is 64.0 Å². The van der Waals surface area contributed by atoms with Gasteiger partial charge < -0.3 is 4.90 Å². The molecule has 9 heteroatoms. The smallest absolute Gasteiger partial charge is 0.276 e. The van der Waals surface area contributed by atoms with E-state index in [1.54, 1.807) is 18.1 Å². The monoisotopic (exact) mass is 382 g/mol. The molecule has 1 aromatic carbocycles. The third-order valence-corrected chi connectivity index (χ3v) is 4.52. The molecule has 26 heavy (non-hydrogen) atoms. The van der Waals surface area contributed by atoms with Crippen molar-refractivity contribution in [2.75, 3.05) is 32.7 Å². The first-order chi connectivity index (χ1) is 12.3. The lowest BCUT2D eigenvalue weighted by Crippen LogP contribution is -2.50. The first-order valence-corrected chi connectivity index (χ1v) is 8.42. The molecule has 0 aliphatic carbocycles. The Hall–Kier alpha value is -2.32. The van der Waals surface area contributed by atoms with Crippen molar-refractivity contribution in [3.8, 4) is 0 Å². The number of hydrogen-bond acceptors (Lipinski definition) is 4. The summed E-state index contributed by atoms with van der Waals surface area (Å²) in [5, 5.41) is 4.36. The molecule has 0 bridgehead atoms. The third-order valence-electron chi connectivity index (χ3n) is 4.24. The lowest BCUT2D eigenvalue weighted by molar-refractivity contribution is 0.0618. The zero-order valence-electron chi connectivity index (χ0n) is 14.1. The molecule has 138 valence electrons. The van der Waals surface area contributed by atoms with Crippen LogP contribution in [0.3, 0.4) is 0 Å². The summed E-state index contributed by atoms with van der Waals surface area (Å²) in [7, 11) is 1.68. The minimum Gasteiger partial charge on any atom is -0.335 e. The fourth-order valence-electron chi connectivity index (χ4n) is 2.87. The van der Waals surface area contributed by atoms with Crippen molar-refractivity contribution in [3.63, 3.8) is 0 Å². The SMILES string of the molecule is Cn1cc(Cl)c(C(=O)N2CCN(CC(=O)c3ccc(F)cc3F)CC2)n1. The molecule has 1 fully saturated rings. The normalized spacial score (nSPS) is 15.3. The van der Waals surface area contributed by atoms with Crippen molar-refractivity contribution in [3.05, 3.63) is 52.3 Å². The maximum atomic E-state index is 13.7. The van der Waals surface area contributed by atoms with Crippen LogP contribution < -0.4 is 0 Å². The third kappa shape index (κ3) is 3.91. The predicted molar refractivity (Wildman–Crippen MR) is 91.3 cm³/mol. The fourth-order valence-corrected chi connectivity index (χ4v) is 3.13. The number of amides is 1. The summed E-state index contributed by atoms with van der Waals surface area (Å²) in [6.45, 7) is 1.75. The number of ketones is 1. The Morgan fingerprint density at radius 2 is 1.88 bits per heavy atom. The van der Waals surface area contributed by atoms with Gasteiger partial charge >= 0.3 is 0 Å². The van der Waals surface area contributed by atoms with E-state index in [0.717, 1.165) is 12.1 Å². The van der Waals surface area contributed by atoms with E-state index in [0.29, 0.717) is 37.3 Å². The predicted octanol–water partition coefficient (Wildman–Crippen LogP) is 1.99. The van der Waals surface area contributed by atoms with Crippen LogP contribution in [0.25, 0.3) is 0 Å². The lowest BCUT2D eigenvalue weighted by Gasteiger charge is -2.34. The highest BCUT2D eigenvalue weighted by Gasteiger charge is 2.27. The number of hydrogen-bond donors (Lipinski definition) is 0. The molecule has 3 rings (SSSR count). The minimum absolute atomic E-state index is 0.00886. The van der Waals surface area contributed by atoms with Gasteiger partial charge in [-0.25, -0.2) is 8.78 Å². The molecule has 2 aromatic rings. The summed E-state index contributed by atoms with van der Waals surface area (Å²) in [6, 6.07) is 2.90. The largest absolute Gasteiger partial charge is 0.335 e. The Morgan fingerprint density at radius 3 is 2.46 bits per heavy atom. The van der Waals surface area contributed by atoms with Gasteiger partial charge in [0.05, 0.1) is 17.1 Å². The first kappa shape index (κ1) is 18.5. The number of carbonyl (C=O) groups is 2. The van der Waals surface area contributed by atoms with E-state index in [4.69, 9.17) is 11.6 Å². The van der Waals surface area contributed by atoms with Crippen molar-refractivity contribution in [1.29, 1.82) is 0 Å². The van der Waals surface area contributed by atoms with E-state index < -0.39 is 17.4 Å². The molecule has 0 N–H and O–H groups in total. The number of Topliss-reactive ketones (excluding diaryl/α,β-unsaturated/α-hetero) is 1. The van der Waals surface area contributed by atoms with Crippen LogP contribution in [0.2, 0.25) is 5.02 Å². The second-order valence-corrected chi connectivity index (χ2v) is 6.52. The molecule has 6 nitrogen and oxygen atoms in total. The van der Waals surface area contributed by atoms with Crippen LogP contribution >= 0.6 is 11.6 Å². The van der Waals surface area contributed by atoms with E-state index in [9.17, 15) is 18.4 Å². The molecule has 2 heterocycles. The quantitative estimate of drug-likeness (QED) is 0.759. The number of rotatable bonds is 4. The van der Waals surface area contributed by atoms with Gasteiger partial charge in [0, 0.05) is 45.5 Å². The van der Waals surface area contributed by atoms with Gasteiger partial charge in [-0.15, -0.1) is 0 Å². The maximum absolute atomic E-state index is 13.7. The van der Waals surface area contributed by atoms with Gasteiger partial charge in [0.1, 0.15) is 11.6 Å². The number of piperazine rings is 1.